The Kier molecular flexibility index (Phi) is 6.69. The molecule has 8 nitrogen and oxygen atoms in total. The molecule has 0 radical (unpaired) electrons. The number of carbonyl (C=O) groups excluding carboxylic acids is 2. The Balaban J connectivity index is 1.49. The summed E-state index contributed by atoms with van der Waals surface area (Å²) in [6.45, 7) is 0.324. The van der Waals surface area contributed by atoms with Gasteiger partial charge in [0.2, 0.25) is 0 Å². The Bertz CT molecular complexity index is 1120. The van der Waals surface area contributed by atoms with E-state index < -0.39 is 17.5 Å². The topological polar surface area (TPSA) is 104 Å². The third kappa shape index (κ3) is 4.78. The fraction of sp³-hybridized carbons (Fsp3) is 0.227. The zero-order valence-electron chi connectivity index (χ0n) is 16.6. The molecule has 0 bridgehead atoms. The van der Waals surface area contributed by atoms with Gasteiger partial charge in [0.15, 0.2) is 11.5 Å². The van der Waals surface area contributed by atoms with Crippen molar-refractivity contribution < 1.29 is 28.2 Å². The summed E-state index contributed by atoms with van der Waals surface area (Å²) < 4.78 is 20.6. The van der Waals surface area contributed by atoms with Crippen molar-refractivity contribution in [3.63, 3.8) is 0 Å². The first-order valence-corrected chi connectivity index (χ1v) is 9.23. The van der Waals surface area contributed by atoms with Crippen molar-refractivity contribution in [3.05, 3.63) is 70.1 Å². The van der Waals surface area contributed by atoms with Crippen LogP contribution in [0.5, 0.6) is 11.5 Å². The van der Waals surface area contributed by atoms with E-state index in [0.717, 1.165) is 0 Å². The molecular weight excluding hydrogens is 390 g/mol. The molecular formula is C22H21NO7. The van der Waals surface area contributed by atoms with Gasteiger partial charge >= 0.3 is 11.6 Å². The van der Waals surface area contributed by atoms with Gasteiger partial charge in [-0.05, 0) is 36.8 Å². The lowest BCUT2D eigenvalue weighted by molar-refractivity contribution is 0.0500. The number of amides is 1. The van der Waals surface area contributed by atoms with Crippen LogP contribution in [0.4, 0.5) is 0 Å². The van der Waals surface area contributed by atoms with Gasteiger partial charge in [-0.15, -0.1) is 0 Å². The minimum absolute atomic E-state index is 0.0731. The van der Waals surface area contributed by atoms with E-state index in [2.05, 4.69) is 5.32 Å². The van der Waals surface area contributed by atoms with Crippen molar-refractivity contribution in [1.82, 2.24) is 5.32 Å². The van der Waals surface area contributed by atoms with Crippen LogP contribution in [0.3, 0.4) is 0 Å². The first-order valence-electron chi connectivity index (χ1n) is 9.23. The van der Waals surface area contributed by atoms with Crippen LogP contribution >= 0.6 is 0 Å². The summed E-state index contributed by atoms with van der Waals surface area (Å²) in [6.07, 6.45) is 0.379. The Morgan fingerprint density at radius 3 is 2.53 bits per heavy atom. The van der Waals surface area contributed by atoms with E-state index in [1.54, 1.807) is 36.4 Å². The molecule has 0 saturated carbocycles. The van der Waals surface area contributed by atoms with Crippen molar-refractivity contribution in [2.75, 3.05) is 27.4 Å². The van der Waals surface area contributed by atoms with Gasteiger partial charge in [0.1, 0.15) is 11.1 Å². The molecule has 0 fully saturated rings. The second-order valence-corrected chi connectivity index (χ2v) is 6.30. The molecule has 2 aromatic carbocycles. The first kappa shape index (κ1) is 20.9. The molecule has 30 heavy (non-hydrogen) atoms. The van der Waals surface area contributed by atoms with Crippen LogP contribution in [0.1, 0.15) is 27.1 Å². The van der Waals surface area contributed by atoms with Crippen LogP contribution in [0.25, 0.3) is 11.0 Å². The Hall–Kier alpha value is -3.81. The zero-order valence-corrected chi connectivity index (χ0v) is 16.6. The highest BCUT2D eigenvalue weighted by Gasteiger charge is 2.14. The normalized spacial score (nSPS) is 10.5. The SMILES string of the molecule is COc1ccc(C(=O)OCCCNC(=O)c2cc3ccccc3oc2=O)cc1OC. The molecule has 0 atom stereocenters. The quantitative estimate of drug-likeness (QED) is 0.345. The zero-order chi connectivity index (χ0) is 21.5. The number of hydrogen-bond acceptors (Lipinski definition) is 7. The van der Waals surface area contributed by atoms with Crippen LogP contribution in [0.2, 0.25) is 0 Å². The highest BCUT2D eigenvalue weighted by atomic mass is 16.5. The number of esters is 1. The van der Waals surface area contributed by atoms with Gasteiger partial charge in [-0.3, -0.25) is 4.79 Å². The second kappa shape index (κ2) is 9.60. The van der Waals surface area contributed by atoms with Gasteiger partial charge in [-0.1, -0.05) is 18.2 Å². The average Bonchev–Trinajstić information content (AvgIpc) is 2.77. The lowest BCUT2D eigenvalue weighted by Gasteiger charge is -2.10. The predicted molar refractivity (Wildman–Crippen MR) is 109 cm³/mol. The molecule has 0 unspecified atom stereocenters. The van der Waals surface area contributed by atoms with Gasteiger partial charge in [0, 0.05) is 11.9 Å². The van der Waals surface area contributed by atoms with Crippen LogP contribution in [-0.2, 0) is 4.74 Å². The lowest BCUT2D eigenvalue weighted by atomic mass is 10.2. The van der Waals surface area contributed by atoms with Crippen molar-refractivity contribution in [2.45, 2.75) is 6.42 Å². The molecule has 0 saturated heterocycles. The van der Waals surface area contributed by atoms with E-state index in [4.69, 9.17) is 18.6 Å². The molecule has 0 aliphatic carbocycles. The van der Waals surface area contributed by atoms with Crippen molar-refractivity contribution in [2.24, 2.45) is 0 Å². The van der Waals surface area contributed by atoms with Crippen molar-refractivity contribution >= 4 is 22.8 Å². The van der Waals surface area contributed by atoms with Gasteiger partial charge in [0.05, 0.1) is 26.4 Å². The molecule has 1 N–H and O–H groups in total. The molecule has 0 aliphatic heterocycles. The van der Waals surface area contributed by atoms with E-state index in [9.17, 15) is 14.4 Å². The van der Waals surface area contributed by atoms with Crippen molar-refractivity contribution in [3.8, 4) is 11.5 Å². The fourth-order valence-electron chi connectivity index (χ4n) is 2.80. The predicted octanol–water partition coefficient (Wildman–Crippen LogP) is 2.79. The summed E-state index contributed by atoms with van der Waals surface area (Å²) >= 11 is 0. The van der Waals surface area contributed by atoms with Gasteiger partial charge < -0.3 is 23.9 Å². The van der Waals surface area contributed by atoms with Crippen LogP contribution in [0.15, 0.2) is 57.7 Å². The van der Waals surface area contributed by atoms with Gasteiger partial charge in [-0.25, -0.2) is 9.59 Å². The number of rotatable bonds is 8. The van der Waals surface area contributed by atoms with E-state index in [1.165, 1.54) is 26.4 Å². The minimum Gasteiger partial charge on any atom is -0.493 e. The average molecular weight is 411 g/mol. The minimum atomic E-state index is -0.703. The van der Waals surface area contributed by atoms with E-state index in [0.29, 0.717) is 34.5 Å². The number of ether oxygens (including phenoxy) is 3. The smallest absolute Gasteiger partial charge is 0.349 e. The molecule has 0 spiro atoms. The maximum absolute atomic E-state index is 12.3. The summed E-state index contributed by atoms with van der Waals surface area (Å²) in [5, 5.41) is 3.28. The third-order valence-corrected chi connectivity index (χ3v) is 4.35. The molecule has 156 valence electrons. The third-order valence-electron chi connectivity index (χ3n) is 4.35. The molecule has 0 aliphatic rings. The summed E-state index contributed by atoms with van der Waals surface area (Å²) in [5.74, 6) is -0.124. The van der Waals surface area contributed by atoms with Crippen LogP contribution < -0.4 is 20.4 Å². The van der Waals surface area contributed by atoms with E-state index in [1.807, 2.05) is 0 Å². The Morgan fingerprint density at radius 2 is 1.77 bits per heavy atom. The number of carbonyl (C=O) groups is 2. The summed E-state index contributed by atoms with van der Waals surface area (Å²) in [5.41, 5.74) is -0.0336. The Morgan fingerprint density at radius 1 is 1.00 bits per heavy atom. The van der Waals surface area contributed by atoms with E-state index >= 15 is 0 Å². The fourth-order valence-corrected chi connectivity index (χ4v) is 2.80. The monoisotopic (exact) mass is 411 g/mol. The summed E-state index contributed by atoms with van der Waals surface area (Å²) in [7, 11) is 2.98. The largest absolute Gasteiger partial charge is 0.493 e. The van der Waals surface area contributed by atoms with Gasteiger partial charge in [0.25, 0.3) is 5.91 Å². The van der Waals surface area contributed by atoms with Crippen LogP contribution in [0, 0.1) is 0 Å². The first-order chi connectivity index (χ1) is 14.5. The number of fused-ring (bicyclic) bond motifs is 1. The summed E-state index contributed by atoms with van der Waals surface area (Å²) in [6, 6.07) is 13.2. The van der Waals surface area contributed by atoms with Gasteiger partial charge in [-0.2, -0.15) is 0 Å². The highest BCUT2D eigenvalue weighted by molar-refractivity contribution is 5.96. The number of para-hydroxylation sites is 1. The number of nitrogens with one attached hydrogen (secondary N) is 1. The molecule has 8 heteroatoms. The lowest BCUT2D eigenvalue weighted by Crippen LogP contribution is -2.29. The molecule has 3 aromatic rings. The van der Waals surface area contributed by atoms with Crippen LogP contribution in [-0.4, -0.2) is 39.2 Å². The number of benzene rings is 2. The standard InChI is InChI=1S/C22H21NO7/c1-27-18-9-8-15(13-19(18)28-2)21(25)29-11-5-10-23-20(24)16-12-14-6-3-4-7-17(14)30-22(16)26/h3-4,6-9,12-13H,5,10-11H2,1-2H3,(H,23,24). The number of methoxy groups -OCH3 is 2. The maximum Gasteiger partial charge on any atom is 0.349 e. The molecule has 1 heterocycles. The molecule has 1 amide bonds. The molecule has 3 rings (SSSR count). The molecule has 1 aromatic heterocycles. The highest BCUT2D eigenvalue weighted by Crippen LogP contribution is 2.27. The number of hydrogen-bond donors (Lipinski definition) is 1. The maximum atomic E-state index is 12.3. The Labute approximate surface area is 172 Å². The van der Waals surface area contributed by atoms with E-state index in [-0.39, 0.29) is 18.7 Å². The second-order valence-electron chi connectivity index (χ2n) is 6.30. The summed E-state index contributed by atoms with van der Waals surface area (Å²) in [4.78, 5) is 36.4. The van der Waals surface area contributed by atoms with Crippen molar-refractivity contribution in [1.29, 1.82) is 0 Å².